The van der Waals surface area contributed by atoms with Crippen molar-refractivity contribution in [2.75, 3.05) is 26.4 Å². The molecule has 4 nitrogen and oxygen atoms in total. The Balaban J connectivity index is 1.99. The molecule has 0 amide bonds. The highest BCUT2D eigenvalue weighted by Crippen LogP contribution is 2.30. The molecule has 0 heterocycles. The standard InChI is InChI=1S/C14H28N2O2/c1-11(12-5-6-12)16-10-18-8-13(17)7-15-9-14(2,3)4/h12-13,15,17H,5-10H2,1-4H3. The van der Waals surface area contributed by atoms with E-state index >= 15 is 0 Å². The van der Waals surface area contributed by atoms with Crippen molar-refractivity contribution in [3.63, 3.8) is 0 Å². The van der Waals surface area contributed by atoms with Gasteiger partial charge in [0.05, 0.1) is 12.7 Å². The minimum Gasteiger partial charge on any atom is -0.389 e. The van der Waals surface area contributed by atoms with Crippen LogP contribution in [0.4, 0.5) is 0 Å². The first kappa shape index (κ1) is 15.6. The quantitative estimate of drug-likeness (QED) is 0.514. The summed E-state index contributed by atoms with van der Waals surface area (Å²) in [5.41, 5.74) is 1.43. The lowest BCUT2D eigenvalue weighted by Gasteiger charge is -2.20. The molecule has 2 N–H and O–H groups in total. The Morgan fingerprint density at radius 2 is 2.11 bits per heavy atom. The van der Waals surface area contributed by atoms with Gasteiger partial charge in [-0.2, -0.15) is 0 Å². The molecule has 0 aromatic heterocycles. The van der Waals surface area contributed by atoms with Crippen molar-refractivity contribution in [2.24, 2.45) is 16.3 Å². The van der Waals surface area contributed by atoms with E-state index in [0.717, 1.165) is 6.54 Å². The van der Waals surface area contributed by atoms with Gasteiger partial charge in [-0.1, -0.05) is 20.8 Å². The van der Waals surface area contributed by atoms with Gasteiger partial charge in [-0.25, -0.2) is 0 Å². The third-order valence-electron chi connectivity index (χ3n) is 2.92. The van der Waals surface area contributed by atoms with Crippen LogP contribution >= 0.6 is 0 Å². The molecule has 0 saturated heterocycles. The summed E-state index contributed by atoms with van der Waals surface area (Å²) in [6, 6.07) is 0. The van der Waals surface area contributed by atoms with Gasteiger partial charge < -0.3 is 15.2 Å². The van der Waals surface area contributed by atoms with Gasteiger partial charge in [0, 0.05) is 18.8 Å². The van der Waals surface area contributed by atoms with Gasteiger partial charge in [-0.15, -0.1) is 0 Å². The van der Waals surface area contributed by atoms with Gasteiger partial charge in [0.15, 0.2) is 0 Å². The molecule has 1 saturated carbocycles. The zero-order valence-corrected chi connectivity index (χ0v) is 12.2. The van der Waals surface area contributed by atoms with E-state index in [1.165, 1.54) is 18.6 Å². The van der Waals surface area contributed by atoms with E-state index in [1.807, 2.05) is 0 Å². The summed E-state index contributed by atoms with van der Waals surface area (Å²) in [6.07, 6.45) is 2.09. The fourth-order valence-corrected chi connectivity index (χ4v) is 1.64. The van der Waals surface area contributed by atoms with E-state index in [2.05, 4.69) is 38.0 Å². The zero-order chi connectivity index (χ0) is 13.6. The molecule has 4 heteroatoms. The molecule has 0 aromatic rings. The minimum atomic E-state index is -0.455. The van der Waals surface area contributed by atoms with Gasteiger partial charge in [0.2, 0.25) is 0 Å². The molecule has 0 aliphatic heterocycles. The van der Waals surface area contributed by atoms with Crippen molar-refractivity contribution >= 4 is 5.71 Å². The molecule has 1 unspecified atom stereocenters. The number of aliphatic hydroxyl groups is 1. The topological polar surface area (TPSA) is 53.9 Å². The van der Waals surface area contributed by atoms with Crippen LogP contribution in [0.1, 0.15) is 40.5 Å². The SMILES string of the molecule is CC(=NCOCC(O)CNCC(C)(C)C)C1CC1. The van der Waals surface area contributed by atoms with Crippen LogP contribution in [-0.2, 0) is 4.74 Å². The predicted octanol–water partition coefficient (Wildman–Crippen LogP) is 1.83. The predicted molar refractivity (Wildman–Crippen MR) is 75.0 cm³/mol. The summed E-state index contributed by atoms with van der Waals surface area (Å²) in [6.45, 7) is 10.7. The molecule has 106 valence electrons. The number of hydrogen-bond donors (Lipinski definition) is 2. The highest BCUT2D eigenvalue weighted by molar-refractivity contribution is 5.86. The summed E-state index contributed by atoms with van der Waals surface area (Å²) in [5.74, 6) is 0.701. The minimum absolute atomic E-state index is 0.242. The normalized spacial score (nSPS) is 19.1. The largest absolute Gasteiger partial charge is 0.389 e. The second-order valence-electron chi connectivity index (χ2n) is 6.42. The first-order valence-corrected chi connectivity index (χ1v) is 6.86. The van der Waals surface area contributed by atoms with Crippen molar-refractivity contribution in [1.82, 2.24) is 5.32 Å². The number of nitrogens with zero attached hydrogens (tertiary/aromatic N) is 1. The Hall–Kier alpha value is -0.450. The van der Waals surface area contributed by atoms with Crippen LogP contribution in [0.15, 0.2) is 4.99 Å². The summed E-state index contributed by atoms with van der Waals surface area (Å²) in [5, 5.41) is 12.9. The van der Waals surface area contributed by atoms with Crippen LogP contribution in [0.5, 0.6) is 0 Å². The van der Waals surface area contributed by atoms with Crippen molar-refractivity contribution < 1.29 is 9.84 Å². The van der Waals surface area contributed by atoms with E-state index in [9.17, 15) is 5.11 Å². The molecule has 0 bridgehead atoms. The van der Waals surface area contributed by atoms with Gasteiger partial charge >= 0.3 is 0 Å². The molecular formula is C14H28N2O2. The maximum atomic E-state index is 9.70. The van der Waals surface area contributed by atoms with Gasteiger partial charge in [0.25, 0.3) is 0 Å². The molecular weight excluding hydrogens is 228 g/mol. The lowest BCUT2D eigenvalue weighted by atomic mass is 9.97. The fraction of sp³-hybridized carbons (Fsp3) is 0.929. The van der Waals surface area contributed by atoms with Crippen molar-refractivity contribution in [3.05, 3.63) is 0 Å². The van der Waals surface area contributed by atoms with Crippen molar-refractivity contribution in [2.45, 2.75) is 46.6 Å². The molecule has 1 aliphatic carbocycles. The van der Waals surface area contributed by atoms with E-state index in [4.69, 9.17) is 4.74 Å². The van der Waals surface area contributed by atoms with Crippen molar-refractivity contribution in [3.8, 4) is 0 Å². The van der Waals surface area contributed by atoms with Crippen LogP contribution in [0.3, 0.4) is 0 Å². The second kappa shape index (κ2) is 7.22. The molecule has 1 atom stereocenters. The number of ether oxygens (including phenoxy) is 1. The highest BCUT2D eigenvalue weighted by atomic mass is 16.5. The van der Waals surface area contributed by atoms with E-state index in [0.29, 0.717) is 25.8 Å². The van der Waals surface area contributed by atoms with E-state index in [1.54, 1.807) is 0 Å². The van der Waals surface area contributed by atoms with E-state index < -0.39 is 6.10 Å². The van der Waals surface area contributed by atoms with Gasteiger partial charge in [-0.3, -0.25) is 4.99 Å². The van der Waals surface area contributed by atoms with Crippen LogP contribution in [-0.4, -0.2) is 43.3 Å². The number of rotatable bonds is 8. The Morgan fingerprint density at radius 1 is 1.44 bits per heavy atom. The van der Waals surface area contributed by atoms with Gasteiger partial charge in [-0.05, 0) is 31.1 Å². The molecule has 0 aromatic carbocycles. The highest BCUT2D eigenvalue weighted by Gasteiger charge is 2.23. The summed E-state index contributed by atoms with van der Waals surface area (Å²) >= 11 is 0. The lowest BCUT2D eigenvalue weighted by Crippen LogP contribution is -2.35. The summed E-state index contributed by atoms with van der Waals surface area (Å²) in [7, 11) is 0. The fourth-order valence-electron chi connectivity index (χ4n) is 1.64. The van der Waals surface area contributed by atoms with Gasteiger partial charge in [0.1, 0.15) is 6.73 Å². The molecule has 1 fully saturated rings. The van der Waals surface area contributed by atoms with E-state index in [-0.39, 0.29) is 5.41 Å². The summed E-state index contributed by atoms with van der Waals surface area (Å²) in [4.78, 5) is 4.34. The molecule has 1 rings (SSSR count). The average Bonchev–Trinajstić information content (AvgIpc) is 3.05. The molecule has 1 aliphatic rings. The third-order valence-corrected chi connectivity index (χ3v) is 2.92. The molecule has 18 heavy (non-hydrogen) atoms. The Bertz CT molecular complexity index is 267. The monoisotopic (exact) mass is 256 g/mol. The number of nitrogens with one attached hydrogen (secondary N) is 1. The van der Waals surface area contributed by atoms with Crippen LogP contribution in [0, 0.1) is 11.3 Å². The number of aliphatic hydroxyl groups excluding tert-OH is 1. The lowest BCUT2D eigenvalue weighted by molar-refractivity contribution is 0.0395. The molecule has 0 spiro atoms. The first-order chi connectivity index (χ1) is 8.38. The second-order valence-corrected chi connectivity index (χ2v) is 6.42. The first-order valence-electron chi connectivity index (χ1n) is 6.86. The third kappa shape index (κ3) is 7.80. The van der Waals surface area contributed by atoms with Crippen LogP contribution < -0.4 is 5.32 Å². The zero-order valence-electron chi connectivity index (χ0n) is 12.2. The average molecular weight is 256 g/mol. The van der Waals surface area contributed by atoms with Crippen LogP contribution in [0.25, 0.3) is 0 Å². The maximum Gasteiger partial charge on any atom is 0.137 e. The van der Waals surface area contributed by atoms with Crippen LogP contribution in [0.2, 0.25) is 0 Å². The smallest absolute Gasteiger partial charge is 0.137 e. The maximum absolute atomic E-state index is 9.70. The number of hydrogen-bond acceptors (Lipinski definition) is 4. The number of aliphatic imine (C=N–C) groups is 1. The Labute approximate surface area is 111 Å². The Morgan fingerprint density at radius 3 is 2.67 bits per heavy atom. The Kier molecular flexibility index (Phi) is 6.26. The van der Waals surface area contributed by atoms with Crippen molar-refractivity contribution in [1.29, 1.82) is 0 Å². The molecule has 0 radical (unpaired) electrons. The summed E-state index contributed by atoms with van der Waals surface area (Å²) < 4.78 is 5.35.